The minimum atomic E-state index is 1.22. The van der Waals surface area contributed by atoms with Gasteiger partial charge in [-0.3, -0.25) is 0 Å². The van der Waals surface area contributed by atoms with Gasteiger partial charge in [-0.05, 0) is 44.9 Å². The van der Waals surface area contributed by atoms with E-state index in [0.29, 0.717) is 0 Å². The molecule has 0 heterocycles. The Kier molecular flexibility index (Phi) is 7.10. The van der Waals surface area contributed by atoms with Crippen LogP contribution in [0.5, 0.6) is 0 Å². The maximum atomic E-state index is 2.35. The molecule has 0 aliphatic heterocycles. The molecule has 1 aliphatic carbocycles. The van der Waals surface area contributed by atoms with Crippen LogP contribution < -0.4 is 0 Å². The van der Waals surface area contributed by atoms with Crippen molar-refractivity contribution in [1.82, 2.24) is 0 Å². The van der Waals surface area contributed by atoms with Crippen molar-refractivity contribution in [2.24, 2.45) is 0 Å². The molecule has 0 N–H and O–H groups in total. The lowest BCUT2D eigenvalue weighted by Gasteiger charge is -1.96. The van der Waals surface area contributed by atoms with Gasteiger partial charge in [-0.15, -0.1) is 0 Å². The highest BCUT2D eigenvalue weighted by atomic mass is 13.9. The molecule has 0 fully saturated rings. The summed E-state index contributed by atoms with van der Waals surface area (Å²) < 4.78 is 0. The van der Waals surface area contributed by atoms with Crippen LogP contribution >= 0.6 is 0 Å². The quantitative estimate of drug-likeness (QED) is 0.482. The van der Waals surface area contributed by atoms with Crippen molar-refractivity contribution in [2.75, 3.05) is 0 Å². The lowest BCUT2D eigenvalue weighted by molar-refractivity contribution is 0.694. The highest BCUT2D eigenvalue weighted by Gasteiger charge is 1.86. The maximum absolute atomic E-state index is 2.35. The van der Waals surface area contributed by atoms with Gasteiger partial charge in [0.15, 0.2) is 0 Å². The molecule has 0 nitrogen and oxygen atoms in total. The molecular weight excluding hydrogens is 168 g/mol. The van der Waals surface area contributed by atoms with Crippen LogP contribution in [0.3, 0.4) is 0 Å². The molecule has 0 atom stereocenters. The Morgan fingerprint density at radius 2 is 0.929 bits per heavy atom. The van der Waals surface area contributed by atoms with Gasteiger partial charge in [0.2, 0.25) is 0 Å². The van der Waals surface area contributed by atoms with Gasteiger partial charge in [0.25, 0.3) is 0 Å². The van der Waals surface area contributed by atoms with Crippen LogP contribution in [0.1, 0.15) is 51.4 Å². The van der Waals surface area contributed by atoms with Crippen molar-refractivity contribution in [1.29, 1.82) is 0 Å². The van der Waals surface area contributed by atoms with E-state index in [4.69, 9.17) is 0 Å². The summed E-state index contributed by atoms with van der Waals surface area (Å²) in [4.78, 5) is 0. The second-order valence-corrected chi connectivity index (χ2v) is 3.90. The molecule has 14 heavy (non-hydrogen) atoms. The Balaban J connectivity index is 2.25. The largest absolute Gasteiger partial charge is 0.0885 e. The average molecular weight is 190 g/mol. The third-order valence-corrected chi connectivity index (χ3v) is 2.53. The smallest absolute Gasteiger partial charge is 0.0345 e. The van der Waals surface area contributed by atoms with Gasteiger partial charge >= 0.3 is 0 Å². The number of hydrogen-bond donors (Lipinski definition) is 0. The van der Waals surface area contributed by atoms with Gasteiger partial charge in [-0.1, -0.05) is 42.9 Å². The normalized spacial score (nSPS) is 22.9. The number of rotatable bonds is 0. The van der Waals surface area contributed by atoms with Gasteiger partial charge in [0.1, 0.15) is 0 Å². The predicted molar refractivity (Wildman–Crippen MR) is 64.4 cm³/mol. The first kappa shape index (κ1) is 11.3. The summed E-state index contributed by atoms with van der Waals surface area (Å²) in [6.45, 7) is 0. The van der Waals surface area contributed by atoms with Crippen molar-refractivity contribution < 1.29 is 0 Å². The molecule has 0 spiro atoms. The van der Waals surface area contributed by atoms with E-state index in [0.717, 1.165) is 0 Å². The van der Waals surface area contributed by atoms with Crippen LogP contribution in [0.25, 0.3) is 0 Å². The van der Waals surface area contributed by atoms with Crippen molar-refractivity contribution >= 4 is 0 Å². The van der Waals surface area contributed by atoms with Crippen LogP contribution in [0.4, 0.5) is 0 Å². The fourth-order valence-electron chi connectivity index (χ4n) is 1.64. The minimum absolute atomic E-state index is 1.22. The van der Waals surface area contributed by atoms with E-state index >= 15 is 0 Å². The van der Waals surface area contributed by atoms with E-state index in [-0.39, 0.29) is 0 Å². The van der Waals surface area contributed by atoms with Gasteiger partial charge in [0.05, 0.1) is 0 Å². The van der Waals surface area contributed by atoms with E-state index in [2.05, 4.69) is 36.5 Å². The van der Waals surface area contributed by atoms with Gasteiger partial charge in [-0.25, -0.2) is 0 Å². The van der Waals surface area contributed by atoms with Crippen molar-refractivity contribution in [3.05, 3.63) is 36.5 Å². The maximum Gasteiger partial charge on any atom is -0.0345 e. The summed E-state index contributed by atoms with van der Waals surface area (Å²) >= 11 is 0. The van der Waals surface area contributed by atoms with E-state index in [1.54, 1.807) is 0 Å². The Bertz CT molecular complexity index is 196. The SMILES string of the molecule is C1=CCCC/C=C/CCCCCC=C1. The first-order valence-electron chi connectivity index (χ1n) is 5.97. The lowest BCUT2D eigenvalue weighted by Crippen LogP contribution is -1.76. The van der Waals surface area contributed by atoms with Crippen LogP contribution in [-0.2, 0) is 0 Å². The van der Waals surface area contributed by atoms with Crippen molar-refractivity contribution in [3.8, 4) is 0 Å². The fourth-order valence-corrected chi connectivity index (χ4v) is 1.64. The van der Waals surface area contributed by atoms with E-state index in [1.165, 1.54) is 51.4 Å². The summed E-state index contributed by atoms with van der Waals surface area (Å²) in [6.07, 6.45) is 24.0. The molecule has 0 bridgehead atoms. The molecule has 0 amide bonds. The summed E-state index contributed by atoms with van der Waals surface area (Å²) in [5.41, 5.74) is 0. The molecular formula is C14H22. The molecule has 1 aliphatic rings. The van der Waals surface area contributed by atoms with Gasteiger partial charge in [0, 0.05) is 0 Å². The topological polar surface area (TPSA) is 0 Å². The Morgan fingerprint density at radius 3 is 1.64 bits per heavy atom. The zero-order valence-corrected chi connectivity index (χ0v) is 9.12. The van der Waals surface area contributed by atoms with E-state index in [1.807, 2.05) is 0 Å². The second-order valence-electron chi connectivity index (χ2n) is 3.90. The van der Waals surface area contributed by atoms with Crippen LogP contribution in [0, 0.1) is 0 Å². The highest BCUT2D eigenvalue weighted by molar-refractivity contribution is 5.02. The second kappa shape index (κ2) is 8.80. The molecule has 0 aromatic heterocycles. The molecule has 0 aromatic carbocycles. The molecule has 0 unspecified atom stereocenters. The zero-order valence-electron chi connectivity index (χ0n) is 9.12. The van der Waals surface area contributed by atoms with Crippen LogP contribution in [-0.4, -0.2) is 0 Å². The minimum Gasteiger partial charge on any atom is -0.0885 e. The van der Waals surface area contributed by atoms with Gasteiger partial charge < -0.3 is 0 Å². The summed E-state index contributed by atoms with van der Waals surface area (Å²) in [7, 11) is 0. The molecule has 0 heteroatoms. The van der Waals surface area contributed by atoms with Crippen LogP contribution in [0.15, 0.2) is 36.5 Å². The average Bonchev–Trinajstić information content (AvgIpc) is 2.22. The zero-order chi connectivity index (χ0) is 9.90. The first-order valence-corrected chi connectivity index (χ1v) is 5.97. The van der Waals surface area contributed by atoms with Gasteiger partial charge in [-0.2, -0.15) is 0 Å². The molecule has 0 aromatic rings. The van der Waals surface area contributed by atoms with E-state index in [9.17, 15) is 0 Å². The number of hydrogen-bond acceptors (Lipinski definition) is 0. The number of allylic oxidation sites excluding steroid dienone is 6. The van der Waals surface area contributed by atoms with Crippen LogP contribution in [0.2, 0.25) is 0 Å². The summed E-state index contributed by atoms with van der Waals surface area (Å²) in [5, 5.41) is 0. The third kappa shape index (κ3) is 6.71. The van der Waals surface area contributed by atoms with E-state index < -0.39 is 0 Å². The predicted octanol–water partition coefficient (Wildman–Crippen LogP) is 4.79. The highest BCUT2D eigenvalue weighted by Crippen LogP contribution is 2.06. The Hall–Kier alpha value is -0.780. The summed E-state index contributed by atoms with van der Waals surface area (Å²) in [6, 6.07) is 0. The third-order valence-electron chi connectivity index (χ3n) is 2.53. The molecule has 1 rings (SSSR count). The standard InChI is InChI=1S/C14H22/c1-2-4-6-8-10-12-14-13-11-9-7-5-3-1/h1-4,11,13H,5-10,12,14H2/b3-1?,4-2?,13-11+. The Morgan fingerprint density at radius 1 is 0.429 bits per heavy atom. The monoisotopic (exact) mass is 190 g/mol. The molecule has 78 valence electrons. The Labute approximate surface area is 88.4 Å². The van der Waals surface area contributed by atoms with Crippen molar-refractivity contribution in [2.45, 2.75) is 51.4 Å². The summed E-state index contributed by atoms with van der Waals surface area (Å²) in [5.74, 6) is 0. The lowest BCUT2D eigenvalue weighted by atomic mass is 10.1. The molecule has 0 radical (unpaired) electrons. The van der Waals surface area contributed by atoms with Crippen molar-refractivity contribution in [3.63, 3.8) is 0 Å². The molecule has 0 saturated heterocycles. The first-order chi connectivity index (χ1) is 7.00. The fraction of sp³-hybridized carbons (Fsp3) is 0.571. The molecule has 0 saturated carbocycles.